The van der Waals surface area contributed by atoms with Gasteiger partial charge < -0.3 is 21.1 Å². The average molecular weight is 400 g/mol. The highest BCUT2D eigenvalue weighted by Gasteiger charge is 2.40. The lowest BCUT2D eigenvalue weighted by Crippen LogP contribution is -2.40. The number of rotatable bonds is 12. The number of aliphatic carboxylic acids is 1. The Morgan fingerprint density at radius 1 is 1.22 bits per heavy atom. The van der Waals surface area contributed by atoms with Crippen molar-refractivity contribution in [1.29, 1.82) is 0 Å². The summed E-state index contributed by atoms with van der Waals surface area (Å²) in [4.78, 5) is 34.0. The van der Waals surface area contributed by atoms with Crippen LogP contribution in [0.4, 0.5) is 0 Å². The minimum atomic E-state index is -4.42. The third kappa shape index (κ3) is 8.22. The predicted molar refractivity (Wildman–Crippen MR) is 102 cm³/mol. The molecular weight excluding hydrogens is 371 g/mol. The second-order valence-electron chi connectivity index (χ2n) is 6.70. The number of hydrogen-bond donors (Lipinski definition) is 4. The number of nitrogens with one attached hydrogen (secondary N) is 1. The van der Waals surface area contributed by atoms with Crippen molar-refractivity contribution in [1.82, 2.24) is 5.32 Å². The van der Waals surface area contributed by atoms with Gasteiger partial charge in [-0.1, -0.05) is 44.2 Å². The third-order valence-electron chi connectivity index (χ3n) is 3.97. The first-order chi connectivity index (χ1) is 12.7. The maximum absolute atomic E-state index is 12.7. The first-order valence-electron chi connectivity index (χ1n) is 8.94. The van der Waals surface area contributed by atoms with Gasteiger partial charge in [0.1, 0.15) is 5.78 Å². The second kappa shape index (κ2) is 11.2. The SMILES string of the molecule is CC(C)C(NC(=O)Cc1ccccc1)P(=O)(O)OC(CCCCN)C(=O)O. The fourth-order valence-electron chi connectivity index (χ4n) is 2.57. The lowest BCUT2D eigenvalue weighted by Gasteiger charge is -2.28. The highest BCUT2D eigenvalue weighted by molar-refractivity contribution is 7.53. The molecule has 5 N–H and O–H groups in total. The van der Waals surface area contributed by atoms with Crippen LogP contribution < -0.4 is 11.1 Å². The molecule has 152 valence electrons. The van der Waals surface area contributed by atoms with E-state index >= 15 is 0 Å². The fraction of sp³-hybridized carbons (Fsp3) is 0.556. The van der Waals surface area contributed by atoms with Crippen molar-refractivity contribution in [2.24, 2.45) is 11.7 Å². The summed E-state index contributed by atoms with van der Waals surface area (Å²) in [7, 11) is -4.42. The molecule has 3 unspecified atom stereocenters. The van der Waals surface area contributed by atoms with Crippen LogP contribution >= 0.6 is 7.60 Å². The Labute approximate surface area is 159 Å². The number of unbranched alkanes of at least 4 members (excludes halogenated alkanes) is 1. The van der Waals surface area contributed by atoms with Gasteiger partial charge in [0.2, 0.25) is 5.91 Å². The molecule has 0 fully saturated rings. The molecule has 0 radical (unpaired) electrons. The van der Waals surface area contributed by atoms with E-state index in [0.717, 1.165) is 5.56 Å². The quantitative estimate of drug-likeness (QED) is 0.311. The molecule has 8 nitrogen and oxygen atoms in total. The molecule has 1 amide bonds. The molecule has 0 saturated carbocycles. The maximum atomic E-state index is 12.7. The van der Waals surface area contributed by atoms with E-state index in [1.807, 2.05) is 6.07 Å². The fourth-order valence-corrected chi connectivity index (χ4v) is 4.32. The zero-order chi connectivity index (χ0) is 20.4. The largest absolute Gasteiger partial charge is 0.479 e. The molecule has 1 aromatic rings. The molecule has 0 spiro atoms. The van der Waals surface area contributed by atoms with Gasteiger partial charge in [-0.25, -0.2) is 4.79 Å². The number of carboxylic acids is 1. The molecule has 1 rings (SSSR count). The smallest absolute Gasteiger partial charge is 0.351 e. The molecule has 0 aliphatic carbocycles. The lowest BCUT2D eigenvalue weighted by atomic mass is 10.1. The summed E-state index contributed by atoms with van der Waals surface area (Å²) in [5.74, 6) is -3.39. The van der Waals surface area contributed by atoms with E-state index in [0.29, 0.717) is 19.4 Å². The Balaban J connectivity index is 2.81. The Kier molecular flexibility index (Phi) is 9.66. The summed E-state index contributed by atoms with van der Waals surface area (Å²) < 4.78 is 17.8. The van der Waals surface area contributed by atoms with Crippen LogP contribution in [0.2, 0.25) is 0 Å². The van der Waals surface area contributed by atoms with Gasteiger partial charge in [0, 0.05) is 0 Å². The van der Waals surface area contributed by atoms with Gasteiger partial charge in [0.05, 0.1) is 6.42 Å². The van der Waals surface area contributed by atoms with Gasteiger partial charge in [0.25, 0.3) is 0 Å². The van der Waals surface area contributed by atoms with E-state index in [9.17, 15) is 24.2 Å². The van der Waals surface area contributed by atoms with Crippen LogP contribution in [0, 0.1) is 5.92 Å². The number of benzene rings is 1. The maximum Gasteiger partial charge on any atom is 0.351 e. The summed E-state index contributed by atoms with van der Waals surface area (Å²) in [6.45, 7) is 3.71. The minimum Gasteiger partial charge on any atom is -0.479 e. The molecule has 3 atom stereocenters. The van der Waals surface area contributed by atoms with Gasteiger partial charge in [-0.3, -0.25) is 13.9 Å². The number of hydrogen-bond acceptors (Lipinski definition) is 5. The van der Waals surface area contributed by atoms with E-state index in [1.54, 1.807) is 38.1 Å². The number of nitrogens with two attached hydrogens (primary N) is 1. The van der Waals surface area contributed by atoms with Crippen LogP contribution in [0.1, 0.15) is 38.7 Å². The van der Waals surface area contributed by atoms with Crippen molar-refractivity contribution in [3.05, 3.63) is 35.9 Å². The van der Waals surface area contributed by atoms with Crippen molar-refractivity contribution >= 4 is 19.5 Å². The summed E-state index contributed by atoms with van der Waals surface area (Å²) in [6.07, 6.45) is -0.271. The van der Waals surface area contributed by atoms with Crippen molar-refractivity contribution in [3.63, 3.8) is 0 Å². The zero-order valence-corrected chi connectivity index (χ0v) is 16.6. The monoisotopic (exact) mass is 400 g/mol. The number of carbonyl (C=O) groups is 2. The van der Waals surface area contributed by atoms with Gasteiger partial charge in [-0.2, -0.15) is 0 Å². The lowest BCUT2D eigenvalue weighted by molar-refractivity contribution is -0.145. The van der Waals surface area contributed by atoms with Crippen LogP contribution in [0.3, 0.4) is 0 Å². The number of amides is 1. The van der Waals surface area contributed by atoms with Crippen LogP contribution in [0.25, 0.3) is 0 Å². The Morgan fingerprint density at radius 3 is 2.37 bits per heavy atom. The van der Waals surface area contributed by atoms with Crippen molar-refractivity contribution in [2.45, 2.75) is 51.4 Å². The molecular formula is C18H29N2O6P. The molecule has 0 saturated heterocycles. The molecule has 0 heterocycles. The predicted octanol–water partition coefficient (Wildman–Crippen LogP) is 2.11. The molecule has 9 heteroatoms. The second-order valence-corrected chi connectivity index (χ2v) is 8.60. The van der Waals surface area contributed by atoms with Gasteiger partial charge >= 0.3 is 13.6 Å². The highest BCUT2D eigenvalue weighted by atomic mass is 31.2. The summed E-state index contributed by atoms with van der Waals surface area (Å²) in [5.41, 5.74) is 6.14. The Morgan fingerprint density at radius 2 is 1.85 bits per heavy atom. The molecule has 27 heavy (non-hydrogen) atoms. The van der Waals surface area contributed by atoms with Gasteiger partial charge in [-0.15, -0.1) is 0 Å². The van der Waals surface area contributed by atoms with Crippen LogP contribution in [-0.2, 0) is 25.1 Å². The van der Waals surface area contributed by atoms with Crippen molar-refractivity contribution < 1.29 is 28.7 Å². The average Bonchev–Trinajstić information content (AvgIpc) is 2.59. The van der Waals surface area contributed by atoms with Gasteiger partial charge in [-0.05, 0) is 37.3 Å². The number of carboxylic acid groups (broad SMARTS) is 1. The molecule has 1 aromatic carbocycles. The summed E-state index contributed by atoms with van der Waals surface area (Å²) >= 11 is 0. The third-order valence-corrected chi connectivity index (χ3v) is 5.96. The van der Waals surface area contributed by atoms with Gasteiger partial charge in [0.15, 0.2) is 6.10 Å². The number of carbonyl (C=O) groups excluding carboxylic acids is 1. The van der Waals surface area contributed by atoms with Crippen molar-refractivity contribution in [3.8, 4) is 0 Å². The minimum absolute atomic E-state index is 0.0446. The zero-order valence-electron chi connectivity index (χ0n) is 15.7. The molecule has 0 aliphatic heterocycles. The molecule has 0 aliphatic rings. The first kappa shape index (κ1) is 23.3. The molecule has 0 bridgehead atoms. The van der Waals surface area contributed by atoms with Crippen LogP contribution in [0.5, 0.6) is 0 Å². The Bertz CT molecular complexity index is 653. The van der Waals surface area contributed by atoms with Crippen molar-refractivity contribution in [2.75, 3.05) is 6.54 Å². The van der Waals surface area contributed by atoms with E-state index in [4.69, 9.17) is 10.3 Å². The van der Waals surface area contributed by atoms with E-state index in [2.05, 4.69) is 5.32 Å². The van der Waals surface area contributed by atoms with E-state index in [-0.39, 0.29) is 12.8 Å². The van der Waals surface area contributed by atoms with Crippen LogP contribution in [0.15, 0.2) is 30.3 Å². The summed E-state index contributed by atoms with van der Waals surface area (Å²) in [5, 5.41) is 11.8. The normalized spacial score (nSPS) is 15.7. The van der Waals surface area contributed by atoms with E-state index in [1.165, 1.54) is 0 Å². The standard InChI is InChI=1S/C18H29N2O6P/c1-13(2)17(20-16(21)12-14-8-4-3-5-9-14)27(24,25)26-15(18(22)23)10-6-7-11-19/h3-5,8-9,13,15,17H,6-7,10-12,19H2,1-2H3,(H,20,21)(H,22,23)(H,24,25). The first-order valence-corrected chi connectivity index (χ1v) is 10.6. The molecule has 0 aromatic heterocycles. The highest BCUT2D eigenvalue weighted by Crippen LogP contribution is 2.50. The topological polar surface area (TPSA) is 139 Å². The van der Waals surface area contributed by atoms with E-state index < -0.39 is 37.3 Å². The Hall–Kier alpha value is -1.73. The summed E-state index contributed by atoms with van der Waals surface area (Å²) in [6, 6.07) is 8.96. The van der Waals surface area contributed by atoms with Crippen LogP contribution in [-0.4, -0.2) is 40.3 Å².